The number of rotatable bonds is 5. The Hall–Kier alpha value is -4.76. The van der Waals surface area contributed by atoms with Crippen LogP contribution in [0.5, 0.6) is 0 Å². The maximum Gasteiger partial charge on any atom is 0.333 e. The van der Waals surface area contributed by atoms with Crippen LogP contribution in [0.2, 0.25) is 0 Å². The first-order valence-electron chi connectivity index (χ1n) is 12.0. The summed E-state index contributed by atoms with van der Waals surface area (Å²) in [4.78, 5) is 22.3. The minimum atomic E-state index is -0.624. The van der Waals surface area contributed by atoms with E-state index in [1.54, 1.807) is 16.2 Å². The van der Waals surface area contributed by atoms with Crippen LogP contribution in [0.4, 0.5) is 5.69 Å². The van der Waals surface area contributed by atoms with E-state index in [2.05, 4.69) is 28.8 Å². The first-order chi connectivity index (χ1) is 17.7. The lowest BCUT2D eigenvalue weighted by Gasteiger charge is -2.17. The molecule has 182 valence electrons. The van der Waals surface area contributed by atoms with E-state index in [0.717, 1.165) is 44.5 Å². The number of fused-ring (bicyclic) bond motifs is 1. The van der Waals surface area contributed by atoms with Crippen molar-refractivity contribution in [3.05, 3.63) is 101 Å². The summed E-state index contributed by atoms with van der Waals surface area (Å²) in [5, 5.41) is 10.6. The molecule has 0 saturated heterocycles. The van der Waals surface area contributed by atoms with Crippen molar-refractivity contribution in [2.45, 2.75) is 26.2 Å². The standard InChI is InChI=1S/C31H27N5O/c1-20-29(36(30(37)35(20)5)25-13-11-24(12-14-25)31(2,3)19-32)26-17-21(10-15-28(26)33-4)23-16-22-8-6-7-9-27(22)34-18-23/h6-18H,4H2,1-3,5H3. The van der Waals surface area contributed by atoms with Crippen LogP contribution in [0, 0.1) is 18.3 Å². The van der Waals surface area contributed by atoms with Gasteiger partial charge in [0.2, 0.25) is 0 Å². The van der Waals surface area contributed by atoms with Gasteiger partial charge < -0.3 is 0 Å². The molecule has 0 spiro atoms. The van der Waals surface area contributed by atoms with Crippen molar-refractivity contribution in [2.75, 3.05) is 0 Å². The number of aromatic nitrogens is 3. The van der Waals surface area contributed by atoms with Crippen LogP contribution in [0.1, 0.15) is 25.1 Å². The fraction of sp³-hybridized carbons (Fsp3) is 0.161. The third-order valence-corrected chi connectivity index (χ3v) is 7.02. The number of imidazole rings is 1. The van der Waals surface area contributed by atoms with E-state index in [4.69, 9.17) is 0 Å². The van der Waals surface area contributed by atoms with Gasteiger partial charge in [-0.25, -0.2) is 4.79 Å². The highest BCUT2D eigenvalue weighted by atomic mass is 16.1. The highest BCUT2D eigenvalue weighted by Crippen LogP contribution is 2.37. The minimum Gasteiger partial charge on any atom is -0.299 e. The van der Waals surface area contributed by atoms with E-state index in [1.165, 1.54) is 0 Å². The van der Waals surface area contributed by atoms with Gasteiger partial charge in [0.05, 0.1) is 34.1 Å². The molecule has 0 atom stereocenters. The molecular weight excluding hydrogens is 458 g/mol. The predicted molar refractivity (Wildman–Crippen MR) is 150 cm³/mol. The third kappa shape index (κ3) is 4.05. The van der Waals surface area contributed by atoms with E-state index >= 15 is 0 Å². The quantitative estimate of drug-likeness (QED) is 0.267. The molecule has 0 fully saturated rings. The highest BCUT2D eigenvalue weighted by Gasteiger charge is 2.23. The number of nitrogens with zero attached hydrogens (tertiary/aromatic N) is 5. The smallest absolute Gasteiger partial charge is 0.299 e. The highest BCUT2D eigenvalue weighted by molar-refractivity contribution is 5.87. The van der Waals surface area contributed by atoms with Gasteiger partial charge in [-0.05, 0) is 75.0 Å². The summed E-state index contributed by atoms with van der Waals surface area (Å²) in [5.74, 6) is 0. The Morgan fingerprint density at radius 1 is 1.00 bits per heavy atom. The van der Waals surface area contributed by atoms with E-state index in [-0.39, 0.29) is 5.69 Å². The molecule has 6 nitrogen and oxygen atoms in total. The van der Waals surface area contributed by atoms with Crippen molar-refractivity contribution in [1.82, 2.24) is 14.1 Å². The fourth-order valence-corrected chi connectivity index (χ4v) is 4.63. The van der Waals surface area contributed by atoms with Gasteiger partial charge in [-0.3, -0.25) is 19.1 Å². The van der Waals surface area contributed by atoms with E-state index in [1.807, 2.05) is 93.7 Å². The molecule has 0 amide bonds. The summed E-state index contributed by atoms with van der Waals surface area (Å²) in [7, 11) is 1.77. The Labute approximate surface area is 215 Å². The van der Waals surface area contributed by atoms with Crippen LogP contribution < -0.4 is 5.69 Å². The lowest BCUT2D eigenvalue weighted by molar-refractivity contribution is 0.686. The molecule has 0 radical (unpaired) electrons. The molecule has 0 aliphatic carbocycles. The molecule has 2 aromatic heterocycles. The molecule has 5 aromatic rings. The molecule has 0 saturated carbocycles. The maximum atomic E-state index is 13.4. The lowest BCUT2D eigenvalue weighted by atomic mass is 9.86. The molecule has 5 rings (SSSR count). The Bertz CT molecular complexity index is 1760. The summed E-state index contributed by atoms with van der Waals surface area (Å²) in [5.41, 5.74) is 6.74. The van der Waals surface area contributed by atoms with Crippen LogP contribution in [0.25, 0.3) is 39.0 Å². The summed E-state index contributed by atoms with van der Waals surface area (Å²) >= 11 is 0. The van der Waals surface area contributed by atoms with Gasteiger partial charge in [0.15, 0.2) is 0 Å². The normalized spacial score (nSPS) is 11.4. The second-order valence-corrected chi connectivity index (χ2v) is 9.70. The van der Waals surface area contributed by atoms with Crippen LogP contribution >= 0.6 is 0 Å². The van der Waals surface area contributed by atoms with Gasteiger partial charge in [-0.15, -0.1) is 0 Å². The van der Waals surface area contributed by atoms with Gasteiger partial charge in [0.1, 0.15) is 0 Å². The number of para-hydroxylation sites is 1. The number of pyridine rings is 1. The minimum absolute atomic E-state index is 0.160. The molecule has 0 aliphatic heterocycles. The van der Waals surface area contributed by atoms with Crippen molar-refractivity contribution in [3.8, 4) is 34.1 Å². The number of nitriles is 1. The summed E-state index contributed by atoms with van der Waals surface area (Å²) in [6, 6.07) is 26.0. The second-order valence-electron chi connectivity index (χ2n) is 9.70. The summed E-state index contributed by atoms with van der Waals surface area (Å²) in [6.45, 7) is 9.46. The van der Waals surface area contributed by atoms with Crippen molar-refractivity contribution in [3.63, 3.8) is 0 Å². The summed E-state index contributed by atoms with van der Waals surface area (Å²) < 4.78 is 3.34. The average molecular weight is 486 g/mol. The Kier molecular flexibility index (Phi) is 5.85. The van der Waals surface area contributed by atoms with Crippen LogP contribution in [0.15, 0.2) is 88.8 Å². The first kappa shape index (κ1) is 24.0. The largest absolute Gasteiger partial charge is 0.333 e. The van der Waals surface area contributed by atoms with Crippen LogP contribution in [-0.2, 0) is 12.5 Å². The number of hydrogen-bond acceptors (Lipinski definition) is 4. The monoisotopic (exact) mass is 485 g/mol. The first-order valence-corrected chi connectivity index (χ1v) is 12.0. The Morgan fingerprint density at radius 2 is 1.73 bits per heavy atom. The van der Waals surface area contributed by atoms with Crippen molar-refractivity contribution in [1.29, 1.82) is 5.26 Å². The van der Waals surface area contributed by atoms with Gasteiger partial charge >= 0.3 is 5.69 Å². The molecule has 0 bridgehead atoms. The number of aliphatic imine (C=N–C) groups is 1. The topological polar surface area (TPSA) is 76.0 Å². The molecule has 6 heteroatoms. The fourth-order valence-electron chi connectivity index (χ4n) is 4.63. The average Bonchev–Trinajstić information content (AvgIpc) is 3.16. The Morgan fingerprint density at radius 3 is 2.43 bits per heavy atom. The third-order valence-electron chi connectivity index (χ3n) is 7.02. The predicted octanol–water partition coefficient (Wildman–Crippen LogP) is 6.50. The van der Waals surface area contributed by atoms with Crippen molar-refractivity contribution >= 4 is 23.3 Å². The van der Waals surface area contributed by atoms with Gasteiger partial charge in [0.25, 0.3) is 0 Å². The zero-order valence-electron chi connectivity index (χ0n) is 21.4. The molecule has 3 aromatic carbocycles. The molecule has 2 heterocycles. The Balaban J connectivity index is 1.71. The van der Waals surface area contributed by atoms with Crippen molar-refractivity contribution in [2.24, 2.45) is 12.0 Å². The second kappa shape index (κ2) is 9.03. The van der Waals surface area contributed by atoms with Gasteiger partial charge in [0, 0.05) is 35.5 Å². The number of benzene rings is 3. The number of hydrogen-bond donors (Lipinski definition) is 0. The lowest BCUT2D eigenvalue weighted by Crippen LogP contribution is -2.22. The molecular formula is C31H27N5O. The summed E-state index contributed by atoms with van der Waals surface area (Å²) in [6.07, 6.45) is 1.86. The molecule has 37 heavy (non-hydrogen) atoms. The van der Waals surface area contributed by atoms with Crippen LogP contribution in [0.3, 0.4) is 0 Å². The van der Waals surface area contributed by atoms with E-state index in [9.17, 15) is 10.1 Å². The zero-order valence-corrected chi connectivity index (χ0v) is 21.4. The zero-order chi connectivity index (χ0) is 26.3. The van der Waals surface area contributed by atoms with Crippen LogP contribution in [-0.4, -0.2) is 20.8 Å². The van der Waals surface area contributed by atoms with E-state index < -0.39 is 5.41 Å². The molecule has 0 aliphatic rings. The van der Waals surface area contributed by atoms with Gasteiger partial charge in [-0.2, -0.15) is 5.26 Å². The van der Waals surface area contributed by atoms with Gasteiger partial charge in [-0.1, -0.05) is 36.4 Å². The molecule has 0 unspecified atom stereocenters. The molecule has 0 N–H and O–H groups in total. The maximum absolute atomic E-state index is 13.4. The van der Waals surface area contributed by atoms with Crippen molar-refractivity contribution < 1.29 is 0 Å². The SMILES string of the molecule is C=Nc1ccc(-c2cnc3ccccc3c2)cc1-c1c(C)n(C)c(=O)n1-c1ccc(C(C)(C)C#N)cc1. The van der Waals surface area contributed by atoms with E-state index in [0.29, 0.717) is 11.4 Å².